The summed E-state index contributed by atoms with van der Waals surface area (Å²) >= 11 is 0. The van der Waals surface area contributed by atoms with E-state index in [9.17, 15) is 8.42 Å². The van der Waals surface area contributed by atoms with Crippen LogP contribution in [0, 0.1) is 5.41 Å². The summed E-state index contributed by atoms with van der Waals surface area (Å²) in [6.45, 7) is 9.70. The van der Waals surface area contributed by atoms with Gasteiger partial charge >= 0.3 is 0 Å². The molecule has 0 heterocycles. The summed E-state index contributed by atoms with van der Waals surface area (Å²) in [6.07, 6.45) is 0. The second-order valence-corrected chi connectivity index (χ2v) is 7.80. The topological polar surface area (TPSA) is 63.4 Å². The third-order valence-corrected chi connectivity index (χ3v) is 4.94. The summed E-state index contributed by atoms with van der Waals surface area (Å²) in [5.74, 6) is 0.139. The molecule has 0 unspecified atom stereocenters. The molecule has 0 aliphatic heterocycles. The van der Waals surface area contributed by atoms with Crippen molar-refractivity contribution in [2.45, 2.75) is 40.2 Å². The molecule has 0 saturated carbocycles. The minimum Gasteiger partial charge on any atom is -0.329 e. The van der Waals surface area contributed by atoms with Gasteiger partial charge in [0.25, 0.3) is 0 Å². The predicted molar refractivity (Wildman–Crippen MR) is 64.1 cm³/mol. The van der Waals surface area contributed by atoms with E-state index in [-0.39, 0.29) is 11.2 Å². The largest absolute Gasteiger partial charge is 0.329 e. The standard InChI is InChI=1S/C10H24N2O2S/c1-9(2,3)8-15(13,14)12(6)10(4,5)7-11/h7-8,11H2,1-6H3. The first-order valence-electron chi connectivity index (χ1n) is 5.09. The summed E-state index contributed by atoms with van der Waals surface area (Å²) in [5, 5.41) is 0. The lowest BCUT2D eigenvalue weighted by atomic mass is 10.0. The molecule has 15 heavy (non-hydrogen) atoms. The Morgan fingerprint density at radius 1 is 1.13 bits per heavy atom. The third kappa shape index (κ3) is 4.49. The lowest BCUT2D eigenvalue weighted by molar-refractivity contribution is 0.269. The molecule has 5 heteroatoms. The summed E-state index contributed by atoms with van der Waals surface area (Å²) in [5.41, 5.74) is 4.80. The van der Waals surface area contributed by atoms with Crippen LogP contribution < -0.4 is 5.73 Å². The molecule has 0 atom stereocenters. The normalized spacial score (nSPS) is 14.7. The van der Waals surface area contributed by atoms with Crippen LogP contribution in [0.3, 0.4) is 0 Å². The van der Waals surface area contributed by atoms with E-state index < -0.39 is 15.6 Å². The number of rotatable bonds is 4. The molecule has 0 saturated heterocycles. The Bertz CT molecular complexity index is 302. The van der Waals surface area contributed by atoms with E-state index in [0.29, 0.717) is 6.54 Å². The molecule has 0 aromatic rings. The third-order valence-electron chi connectivity index (χ3n) is 2.38. The lowest BCUT2D eigenvalue weighted by Crippen LogP contribution is -2.51. The first-order valence-corrected chi connectivity index (χ1v) is 6.70. The Balaban J connectivity index is 4.91. The average Bonchev–Trinajstić information content (AvgIpc) is 1.98. The number of nitrogens with zero attached hydrogens (tertiary/aromatic N) is 1. The minimum atomic E-state index is -3.23. The number of likely N-dealkylation sites (N-methyl/N-ethyl adjacent to an activating group) is 1. The zero-order valence-corrected chi connectivity index (χ0v) is 11.5. The van der Waals surface area contributed by atoms with E-state index in [1.54, 1.807) is 7.05 Å². The number of hydrogen-bond donors (Lipinski definition) is 1. The quantitative estimate of drug-likeness (QED) is 0.793. The molecule has 0 aromatic heterocycles. The molecular formula is C10H24N2O2S. The zero-order chi connectivity index (χ0) is 12.5. The van der Waals surface area contributed by atoms with Crippen molar-refractivity contribution < 1.29 is 8.42 Å². The van der Waals surface area contributed by atoms with E-state index in [0.717, 1.165) is 0 Å². The monoisotopic (exact) mass is 236 g/mol. The maximum absolute atomic E-state index is 12.0. The van der Waals surface area contributed by atoms with Gasteiger partial charge in [-0.15, -0.1) is 0 Å². The van der Waals surface area contributed by atoms with Crippen LogP contribution in [0.1, 0.15) is 34.6 Å². The molecule has 2 N–H and O–H groups in total. The number of nitrogens with two attached hydrogens (primary N) is 1. The maximum atomic E-state index is 12.0. The van der Waals surface area contributed by atoms with Crippen molar-refractivity contribution in [1.29, 1.82) is 0 Å². The van der Waals surface area contributed by atoms with Crippen molar-refractivity contribution in [3.8, 4) is 0 Å². The highest BCUT2D eigenvalue weighted by Crippen LogP contribution is 2.22. The zero-order valence-electron chi connectivity index (χ0n) is 10.7. The van der Waals surface area contributed by atoms with Crippen LogP contribution in [0.2, 0.25) is 0 Å². The highest BCUT2D eigenvalue weighted by Gasteiger charge is 2.34. The smallest absolute Gasteiger partial charge is 0.214 e. The van der Waals surface area contributed by atoms with Crippen LogP contribution in [0.15, 0.2) is 0 Å². The molecule has 0 aliphatic rings. The van der Waals surface area contributed by atoms with Gasteiger partial charge in [0.05, 0.1) is 5.75 Å². The Kier molecular flexibility index (Phi) is 4.35. The van der Waals surface area contributed by atoms with Crippen LogP contribution in [0.5, 0.6) is 0 Å². The van der Waals surface area contributed by atoms with Crippen LogP contribution in [0.25, 0.3) is 0 Å². The van der Waals surface area contributed by atoms with Gasteiger partial charge in [0.2, 0.25) is 10.0 Å². The fourth-order valence-corrected chi connectivity index (χ4v) is 3.26. The van der Waals surface area contributed by atoms with Crippen LogP contribution in [-0.4, -0.2) is 37.6 Å². The van der Waals surface area contributed by atoms with Crippen molar-refractivity contribution in [2.24, 2.45) is 11.1 Å². The molecule has 0 bridgehead atoms. The molecule has 0 spiro atoms. The van der Waals surface area contributed by atoms with Crippen LogP contribution in [-0.2, 0) is 10.0 Å². The van der Waals surface area contributed by atoms with Crippen molar-refractivity contribution >= 4 is 10.0 Å². The first kappa shape index (κ1) is 14.9. The predicted octanol–water partition coefficient (Wildman–Crippen LogP) is 1.03. The van der Waals surface area contributed by atoms with E-state index >= 15 is 0 Å². The van der Waals surface area contributed by atoms with Crippen molar-refractivity contribution in [3.63, 3.8) is 0 Å². The van der Waals surface area contributed by atoms with Gasteiger partial charge in [0.1, 0.15) is 0 Å². The van der Waals surface area contributed by atoms with Crippen LogP contribution >= 0.6 is 0 Å². The van der Waals surface area contributed by atoms with E-state index in [1.165, 1.54) is 4.31 Å². The fourth-order valence-electron chi connectivity index (χ4n) is 1.15. The number of sulfonamides is 1. The van der Waals surface area contributed by atoms with Crippen molar-refractivity contribution in [3.05, 3.63) is 0 Å². The Morgan fingerprint density at radius 2 is 1.53 bits per heavy atom. The highest BCUT2D eigenvalue weighted by molar-refractivity contribution is 7.89. The molecule has 92 valence electrons. The molecule has 0 rings (SSSR count). The second kappa shape index (κ2) is 4.39. The van der Waals surface area contributed by atoms with Gasteiger partial charge in [0, 0.05) is 19.1 Å². The summed E-state index contributed by atoms with van der Waals surface area (Å²) in [7, 11) is -1.64. The van der Waals surface area contributed by atoms with Gasteiger partial charge in [-0.3, -0.25) is 0 Å². The van der Waals surface area contributed by atoms with E-state index in [1.807, 2.05) is 34.6 Å². The summed E-state index contributed by atoms with van der Waals surface area (Å²) in [6, 6.07) is 0. The van der Waals surface area contributed by atoms with Crippen molar-refractivity contribution in [2.75, 3.05) is 19.3 Å². The Morgan fingerprint density at radius 3 is 1.80 bits per heavy atom. The van der Waals surface area contributed by atoms with Crippen LogP contribution in [0.4, 0.5) is 0 Å². The van der Waals surface area contributed by atoms with Gasteiger partial charge in [0.15, 0.2) is 0 Å². The fraction of sp³-hybridized carbons (Fsp3) is 1.00. The van der Waals surface area contributed by atoms with Gasteiger partial charge in [-0.05, 0) is 19.3 Å². The van der Waals surface area contributed by atoms with E-state index in [4.69, 9.17) is 5.73 Å². The summed E-state index contributed by atoms with van der Waals surface area (Å²) in [4.78, 5) is 0. The molecule has 4 nitrogen and oxygen atoms in total. The second-order valence-electron chi connectivity index (χ2n) is 5.80. The van der Waals surface area contributed by atoms with Gasteiger partial charge in [-0.2, -0.15) is 4.31 Å². The van der Waals surface area contributed by atoms with Crippen molar-refractivity contribution in [1.82, 2.24) is 4.31 Å². The number of hydrogen-bond acceptors (Lipinski definition) is 3. The maximum Gasteiger partial charge on any atom is 0.214 e. The van der Waals surface area contributed by atoms with Gasteiger partial charge < -0.3 is 5.73 Å². The molecule has 0 radical (unpaired) electrons. The highest BCUT2D eigenvalue weighted by atomic mass is 32.2. The molecule has 0 aliphatic carbocycles. The minimum absolute atomic E-state index is 0.139. The molecule has 0 aromatic carbocycles. The van der Waals surface area contributed by atoms with Gasteiger partial charge in [-0.25, -0.2) is 8.42 Å². The average molecular weight is 236 g/mol. The molecular weight excluding hydrogens is 212 g/mol. The Labute approximate surface area is 93.9 Å². The molecule has 0 fully saturated rings. The van der Waals surface area contributed by atoms with Gasteiger partial charge in [-0.1, -0.05) is 20.8 Å². The first-order chi connectivity index (χ1) is 6.42. The lowest BCUT2D eigenvalue weighted by Gasteiger charge is -2.35. The summed E-state index contributed by atoms with van der Waals surface area (Å²) < 4.78 is 25.4. The SMILES string of the molecule is CN(C(C)(C)CN)S(=O)(=O)CC(C)(C)C. The van der Waals surface area contributed by atoms with E-state index in [2.05, 4.69) is 0 Å². The Hall–Kier alpha value is -0.130. The molecule has 0 amide bonds.